The van der Waals surface area contributed by atoms with Gasteiger partial charge in [-0.25, -0.2) is 0 Å². The van der Waals surface area contributed by atoms with Crippen molar-refractivity contribution >= 4 is 35.2 Å². The Kier molecular flexibility index (Phi) is 2.57. The van der Waals surface area contributed by atoms with Gasteiger partial charge in [-0.2, -0.15) is 4.99 Å². The molecule has 2 heterocycles. The van der Waals surface area contributed by atoms with Crippen molar-refractivity contribution in [1.82, 2.24) is 4.90 Å². The van der Waals surface area contributed by atoms with Crippen LogP contribution in [0.3, 0.4) is 0 Å². The molecule has 0 unspecified atom stereocenters. The summed E-state index contributed by atoms with van der Waals surface area (Å²) in [6, 6.07) is 0. The second kappa shape index (κ2) is 3.28. The van der Waals surface area contributed by atoms with E-state index in [-0.39, 0.29) is 18.3 Å². The largest absolute Gasteiger partial charge is 0.326 e. The number of amidine groups is 1. The van der Waals surface area contributed by atoms with Crippen LogP contribution < -0.4 is 0 Å². The molecule has 2 aliphatic rings. The zero-order valence-electron chi connectivity index (χ0n) is 5.69. The van der Waals surface area contributed by atoms with Crippen LogP contribution >= 0.6 is 24.2 Å². The van der Waals surface area contributed by atoms with Crippen molar-refractivity contribution in [1.29, 1.82) is 0 Å². The number of carbonyl (C=O) groups excluding carboxylic acids is 1. The fourth-order valence-corrected chi connectivity index (χ4v) is 1.71. The van der Waals surface area contributed by atoms with E-state index in [9.17, 15) is 4.79 Å². The Labute approximate surface area is 75.0 Å². The number of amides is 1. The third kappa shape index (κ3) is 1.57. The molecular formula is C6H7ClN2OS. The summed E-state index contributed by atoms with van der Waals surface area (Å²) in [5, 5.41) is 2.77. The number of thioether (sulfide) groups is 1. The molecule has 0 radical (unpaired) electrons. The summed E-state index contributed by atoms with van der Waals surface area (Å²) < 4.78 is 0. The highest BCUT2D eigenvalue weighted by atomic mass is 35.5. The van der Waals surface area contributed by atoms with Crippen molar-refractivity contribution < 1.29 is 4.79 Å². The van der Waals surface area contributed by atoms with Gasteiger partial charge in [-0.15, -0.1) is 12.4 Å². The maximum Gasteiger partial charge on any atom is 0.249 e. The molecule has 0 aromatic rings. The van der Waals surface area contributed by atoms with Crippen molar-refractivity contribution in [3.05, 3.63) is 11.6 Å². The summed E-state index contributed by atoms with van der Waals surface area (Å²) in [4.78, 5) is 16.6. The van der Waals surface area contributed by atoms with Crippen molar-refractivity contribution in [3.63, 3.8) is 0 Å². The highest BCUT2D eigenvalue weighted by molar-refractivity contribution is 8.16. The van der Waals surface area contributed by atoms with Crippen LogP contribution in [-0.2, 0) is 4.79 Å². The molecule has 0 bridgehead atoms. The molecule has 5 heteroatoms. The lowest BCUT2D eigenvalue weighted by molar-refractivity contribution is -0.118. The fourth-order valence-electron chi connectivity index (χ4n) is 0.936. The van der Waals surface area contributed by atoms with Crippen molar-refractivity contribution in [2.24, 2.45) is 4.99 Å². The monoisotopic (exact) mass is 190 g/mol. The van der Waals surface area contributed by atoms with Crippen molar-refractivity contribution in [2.75, 3.05) is 6.54 Å². The third-order valence-corrected chi connectivity index (χ3v) is 2.24. The average molecular weight is 191 g/mol. The maximum atomic E-state index is 10.8. The number of hydrogen-bond donors (Lipinski definition) is 0. The van der Waals surface area contributed by atoms with Gasteiger partial charge in [-0.05, 0) is 5.41 Å². The van der Waals surface area contributed by atoms with E-state index in [0.717, 1.165) is 11.7 Å². The molecule has 2 aliphatic heterocycles. The van der Waals surface area contributed by atoms with Crippen LogP contribution in [0, 0.1) is 0 Å². The first-order valence-corrected chi connectivity index (χ1v) is 3.96. The first-order chi connectivity index (χ1) is 4.86. The molecule has 2 rings (SSSR count). The molecule has 0 aromatic carbocycles. The number of nitrogens with zero attached hydrogens (tertiary/aromatic N) is 2. The molecule has 11 heavy (non-hydrogen) atoms. The Morgan fingerprint density at radius 1 is 1.64 bits per heavy atom. The second-order valence-corrected chi connectivity index (χ2v) is 3.01. The average Bonchev–Trinajstić information content (AvgIpc) is 2.33. The predicted molar refractivity (Wildman–Crippen MR) is 47.7 cm³/mol. The van der Waals surface area contributed by atoms with Gasteiger partial charge in [0.05, 0.1) is 0 Å². The van der Waals surface area contributed by atoms with E-state index in [1.165, 1.54) is 11.8 Å². The SMILES string of the molecule is Cl.O=C1CCN2C=CSC2=N1. The minimum atomic E-state index is 0. The van der Waals surface area contributed by atoms with Gasteiger partial charge in [0.15, 0.2) is 5.17 Å². The van der Waals surface area contributed by atoms with E-state index in [2.05, 4.69) is 4.99 Å². The normalized spacial score (nSPS) is 20.9. The number of halogens is 1. The van der Waals surface area contributed by atoms with E-state index in [1.807, 2.05) is 16.5 Å². The van der Waals surface area contributed by atoms with Crippen LogP contribution in [0.4, 0.5) is 0 Å². The van der Waals surface area contributed by atoms with Gasteiger partial charge >= 0.3 is 0 Å². The summed E-state index contributed by atoms with van der Waals surface area (Å²) in [6.07, 6.45) is 2.50. The molecule has 60 valence electrons. The molecule has 0 aliphatic carbocycles. The number of rotatable bonds is 0. The van der Waals surface area contributed by atoms with E-state index in [4.69, 9.17) is 0 Å². The predicted octanol–water partition coefficient (Wildman–Crippen LogP) is 1.21. The summed E-state index contributed by atoms with van der Waals surface area (Å²) in [7, 11) is 0. The van der Waals surface area contributed by atoms with Crippen LogP contribution in [0.1, 0.15) is 6.42 Å². The Morgan fingerprint density at radius 3 is 3.27 bits per heavy atom. The van der Waals surface area contributed by atoms with Crippen LogP contribution in [0.2, 0.25) is 0 Å². The van der Waals surface area contributed by atoms with Crippen LogP contribution in [0.5, 0.6) is 0 Å². The van der Waals surface area contributed by atoms with E-state index in [0.29, 0.717) is 6.42 Å². The molecule has 3 nitrogen and oxygen atoms in total. The summed E-state index contributed by atoms with van der Waals surface area (Å²) >= 11 is 1.50. The Bertz CT molecular complexity index is 239. The van der Waals surface area contributed by atoms with Gasteiger partial charge in [0, 0.05) is 19.2 Å². The number of carbonyl (C=O) groups is 1. The molecule has 0 spiro atoms. The van der Waals surface area contributed by atoms with Gasteiger partial charge in [-0.3, -0.25) is 4.79 Å². The van der Waals surface area contributed by atoms with E-state index < -0.39 is 0 Å². The Morgan fingerprint density at radius 2 is 2.45 bits per heavy atom. The van der Waals surface area contributed by atoms with Crippen molar-refractivity contribution in [2.45, 2.75) is 6.42 Å². The minimum absolute atomic E-state index is 0. The van der Waals surface area contributed by atoms with Gasteiger partial charge < -0.3 is 4.90 Å². The molecule has 0 aromatic heterocycles. The molecule has 0 saturated heterocycles. The van der Waals surface area contributed by atoms with Crippen LogP contribution in [0.25, 0.3) is 0 Å². The maximum absolute atomic E-state index is 10.8. The van der Waals surface area contributed by atoms with Gasteiger partial charge in [-0.1, -0.05) is 11.8 Å². The lowest BCUT2D eigenvalue weighted by atomic mass is 10.3. The number of aliphatic imine (C=N–C) groups is 1. The van der Waals surface area contributed by atoms with Crippen LogP contribution in [-0.4, -0.2) is 22.5 Å². The first kappa shape index (κ1) is 8.62. The number of fused-ring (bicyclic) bond motifs is 1. The summed E-state index contributed by atoms with van der Waals surface area (Å²) in [6.45, 7) is 0.793. The van der Waals surface area contributed by atoms with Gasteiger partial charge in [0.25, 0.3) is 0 Å². The topological polar surface area (TPSA) is 32.7 Å². The van der Waals surface area contributed by atoms with E-state index in [1.54, 1.807) is 0 Å². The zero-order valence-corrected chi connectivity index (χ0v) is 7.32. The minimum Gasteiger partial charge on any atom is -0.326 e. The highest BCUT2D eigenvalue weighted by Gasteiger charge is 2.20. The standard InChI is InChI=1S/C6H6N2OS.ClH/c9-5-1-2-8-3-4-10-6(8)7-5;/h3-4H,1-2H2;1H. The lowest BCUT2D eigenvalue weighted by Gasteiger charge is -2.18. The Balaban J connectivity index is 0.000000605. The molecule has 1 amide bonds. The molecular weight excluding hydrogens is 184 g/mol. The van der Waals surface area contributed by atoms with Gasteiger partial charge in [0.1, 0.15) is 0 Å². The summed E-state index contributed by atoms with van der Waals surface area (Å²) in [5.41, 5.74) is 0. The second-order valence-electron chi connectivity index (χ2n) is 2.13. The first-order valence-electron chi connectivity index (χ1n) is 3.08. The van der Waals surface area contributed by atoms with Crippen molar-refractivity contribution in [3.8, 4) is 0 Å². The Hall–Kier alpha value is -0.480. The number of hydrogen-bond acceptors (Lipinski definition) is 3. The lowest BCUT2D eigenvalue weighted by Crippen LogP contribution is -2.27. The third-order valence-electron chi connectivity index (χ3n) is 1.45. The van der Waals surface area contributed by atoms with E-state index >= 15 is 0 Å². The quantitative estimate of drug-likeness (QED) is 0.576. The van der Waals surface area contributed by atoms with Crippen LogP contribution in [0.15, 0.2) is 16.6 Å². The zero-order chi connectivity index (χ0) is 6.97. The molecule has 0 atom stereocenters. The van der Waals surface area contributed by atoms with Gasteiger partial charge in [0.2, 0.25) is 5.91 Å². The molecule has 0 fully saturated rings. The smallest absolute Gasteiger partial charge is 0.249 e. The molecule has 0 N–H and O–H groups in total. The fraction of sp³-hybridized carbons (Fsp3) is 0.333. The highest BCUT2D eigenvalue weighted by Crippen LogP contribution is 2.22. The molecule has 0 saturated carbocycles. The summed E-state index contributed by atoms with van der Waals surface area (Å²) in [5.74, 6) is 0.00227.